The van der Waals surface area contributed by atoms with Crippen LogP contribution in [0.2, 0.25) is 0 Å². The van der Waals surface area contributed by atoms with Crippen LogP contribution in [0.15, 0.2) is 0 Å². The molecule has 0 aromatic carbocycles. The van der Waals surface area contributed by atoms with Crippen molar-refractivity contribution in [2.45, 2.75) is 25.0 Å². The lowest BCUT2D eigenvalue weighted by molar-refractivity contribution is -0.184. The van der Waals surface area contributed by atoms with Crippen molar-refractivity contribution in [2.24, 2.45) is 0 Å². The van der Waals surface area contributed by atoms with Crippen LogP contribution in [-0.2, 0) is 9.47 Å². The van der Waals surface area contributed by atoms with Crippen LogP contribution in [0, 0.1) is 0 Å². The van der Waals surface area contributed by atoms with Gasteiger partial charge in [0.25, 0.3) is 0 Å². The second-order valence-electron chi connectivity index (χ2n) is 2.40. The molecule has 2 unspecified atom stereocenters. The summed E-state index contributed by atoms with van der Waals surface area (Å²) in [5.41, 5.74) is 0. The second-order valence-corrected chi connectivity index (χ2v) is 2.40. The molecule has 8 heavy (non-hydrogen) atoms. The first-order valence-electron chi connectivity index (χ1n) is 3.20. The van der Waals surface area contributed by atoms with E-state index in [-0.39, 0.29) is 0 Å². The lowest BCUT2D eigenvalue weighted by Crippen LogP contribution is -2.45. The number of hydrogen-bond acceptors (Lipinski definition) is 2. The van der Waals surface area contributed by atoms with E-state index in [1.165, 1.54) is 12.8 Å². The summed E-state index contributed by atoms with van der Waals surface area (Å²) in [4.78, 5) is 0. The lowest BCUT2D eigenvalue weighted by atomic mass is 10.0. The zero-order valence-corrected chi connectivity index (χ0v) is 4.80. The fourth-order valence-electron chi connectivity index (χ4n) is 1.09. The highest BCUT2D eigenvalue weighted by Crippen LogP contribution is 2.25. The first kappa shape index (κ1) is 4.77. The van der Waals surface area contributed by atoms with Gasteiger partial charge in [0.1, 0.15) is 0 Å². The van der Waals surface area contributed by atoms with E-state index in [0.29, 0.717) is 12.2 Å². The Kier molecular flexibility index (Phi) is 1.02. The van der Waals surface area contributed by atoms with Gasteiger partial charge < -0.3 is 9.47 Å². The molecule has 0 aliphatic carbocycles. The number of rotatable bonds is 1. The maximum Gasteiger partial charge on any atom is 0.0859 e. The summed E-state index contributed by atoms with van der Waals surface area (Å²) in [6.07, 6.45) is 3.35. The molecule has 2 aliphatic rings. The monoisotopic (exact) mass is 114 g/mol. The van der Waals surface area contributed by atoms with Crippen LogP contribution in [0.1, 0.15) is 12.8 Å². The van der Waals surface area contributed by atoms with Crippen LogP contribution in [0.4, 0.5) is 0 Å². The Bertz CT molecular complexity index is 72.5. The predicted octanol–water partition coefficient (Wildman–Crippen LogP) is 0.564. The first-order valence-corrected chi connectivity index (χ1v) is 3.20. The predicted molar refractivity (Wildman–Crippen MR) is 28.7 cm³/mol. The van der Waals surface area contributed by atoms with Crippen LogP contribution >= 0.6 is 0 Å². The van der Waals surface area contributed by atoms with E-state index < -0.39 is 0 Å². The Hall–Kier alpha value is -0.0800. The molecule has 2 saturated heterocycles. The lowest BCUT2D eigenvalue weighted by Gasteiger charge is -2.38. The molecule has 0 saturated carbocycles. The summed E-state index contributed by atoms with van der Waals surface area (Å²) in [7, 11) is 0. The maximum atomic E-state index is 5.21. The summed E-state index contributed by atoms with van der Waals surface area (Å²) >= 11 is 0. The van der Waals surface area contributed by atoms with E-state index in [1.54, 1.807) is 0 Å². The molecule has 2 rings (SSSR count). The summed E-state index contributed by atoms with van der Waals surface area (Å²) in [5, 5.41) is 0. The molecule has 2 heterocycles. The normalized spacial score (nSPS) is 45.0. The highest BCUT2D eigenvalue weighted by atomic mass is 16.6. The zero-order chi connectivity index (χ0) is 5.40. The van der Waals surface area contributed by atoms with Crippen LogP contribution < -0.4 is 0 Å². The molecule has 0 bridgehead atoms. The topological polar surface area (TPSA) is 18.5 Å². The van der Waals surface area contributed by atoms with Gasteiger partial charge in [-0.1, -0.05) is 0 Å². The van der Waals surface area contributed by atoms with Gasteiger partial charge >= 0.3 is 0 Å². The molecule has 0 amide bonds. The molecule has 2 heteroatoms. The molecule has 46 valence electrons. The van der Waals surface area contributed by atoms with Gasteiger partial charge in [0.05, 0.1) is 12.2 Å². The van der Waals surface area contributed by atoms with Crippen molar-refractivity contribution in [3.05, 3.63) is 0 Å². The van der Waals surface area contributed by atoms with Gasteiger partial charge in [-0.2, -0.15) is 0 Å². The molecular formula is C6H10O2. The van der Waals surface area contributed by atoms with Crippen molar-refractivity contribution in [1.82, 2.24) is 0 Å². The van der Waals surface area contributed by atoms with Crippen LogP contribution in [0.25, 0.3) is 0 Å². The molecule has 2 aliphatic heterocycles. The highest BCUT2D eigenvalue weighted by molar-refractivity contribution is 4.81. The minimum atomic E-state index is 0.462. The largest absolute Gasteiger partial charge is 0.375 e. The molecule has 0 N–H and O–H groups in total. The smallest absolute Gasteiger partial charge is 0.0859 e. The van der Waals surface area contributed by atoms with E-state index >= 15 is 0 Å². The summed E-state index contributed by atoms with van der Waals surface area (Å²) in [6, 6.07) is 0. The fourth-order valence-corrected chi connectivity index (χ4v) is 1.09. The molecule has 0 spiro atoms. The Morgan fingerprint density at radius 3 is 1.38 bits per heavy atom. The van der Waals surface area contributed by atoms with Gasteiger partial charge in [-0.3, -0.25) is 0 Å². The third kappa shape index (κ3) is 0.565. The van der Waals surface area contributed by atoms with Crippen LogP contribution in [0.3, 0.4) is 0 Å². The Labute approximate surface area is 48.8 Å². The molecule has 0 aromatic rings. The third-order valence-corrected chi connectivity index (χ3v) is 1.88. The Balaban J connectivity index is 1.79. The quantitative estimate of drug-likeness (QED) is 0.496. The van der Waals surface area contributed by atoms with E-state index in [9.17, 15) is 0 Å². The molecular weight excluding hydrogens is 104 g/mol. The summed E-state index contributed by atoms with van der Waals surface area (Å²) < 4.78 is 10.4. The van der Waals surface area contributed by atoms with Gasteiger partial charge in [-0.05, 0) is 12.8 Å². The number of hydrogen-bond donors (Lipinski definition) is 0. The van der Waals surface area contributed by atoms with Crippen molar-refractivity contribution in [3.8, 4) is 0 Å². The van der Waals surface area contributed by atoms with Gasteiger partial charge in [0, 0.05) is 13.2 Å². The Morgan fingerprint density at radius 1 is 0.875 bits per heavy atom. The highest BCUT2D eigenvalue weighted by Gasteiger charge is 2.33. The van der Waals surface area contributed by atoms with Crippen molar-refractivity contribution in [1.29, 1.82) is 0 Å². The molecule has 2 atom stereocenters. The van der Waals surface area contributed by atoms with Gasteiger partial charge in [0.2, 0.25) is 0 Å². The van der Waals surface area contributed by atoms with Crippen LogP contribution in [-0.4, -0.2) is 25.4 Å². The average Bonchev–Trinajstić information content (AvgIpc) is 1.47. The SMILES string of the molecule is C1CC(C2CCO2)O1. The standard InChI is InChI=1S/C6H10O2/c1-3-7-5(1)6-2-4-8-6/h5-6H,1-4H2. The van der Waals surface area contributed by atoms with Crippen molar-refractivity contribution >= 4 is 0 Å². The van der Waals surface area contributed by atoms with E-state index in [0.717, 1.165) is 13.2 Å². The van der Waals surface area contributed by atoms with Gasteiger partial charge in [-0.15, -0.1) is 0 Å². The molecule has 2 fully saturated rings. The zero-order valence-electron chi connectivity index (χ0n) is 4.80. The molecule has 2 nitrogen and oxygen atoms in total. The molecule has 0 aromatic heterocycles. The van der Waals surface area contributed by atoms with E-state index in [1.807, 2.05) is 0 Å². The summed E-state index contributed by atoms with van der Waals surface area (Å²) in [5.74, 6) is 0. The summed E-state index contributed by atoms with van der Waals surface area (Å²) in [6.45, 7) is 1.90. The minimum absolute atomic E-state index is 0.462. The average molecular weight is 114 g/mol. The van der Waals surface area contributed by atoms with Gasteiger partial charge in [0.15, 0.2) is 0 Å². The Morgan fingerprint density at radius 2 is 1.25 bits per heavy atom. The number of ether oxygens (including phenoxy) is 2. The van der Waals surface area contributed by atoms with Crippen molar-refractivity contribution < 1.29 is 9.47 Å². The molecule has 0 radical (unpaired) electrons. The van der Waals surface area contributed by atoms with E-state index in [2.05, 4.69) is 0 Å². The third-order valence-electron chi connectivity index (χ3n) is 1.88. The van der Waals surface area contributed by atoms with Crippen molar-refractivity contribution in [3.63, 3.8) is 0 Å². The maximum absolute atomic E-state index is 5.21. The minimum Gasteiger partial charge on any atom is -0.375 e. The second kappa shape index (κ2) is 1.71. The van der Waals surface area contributed by atoms with E-state index in [4.69, 9.17) is 9.47 Å². The van der Waals surface area contributed by atoms with Crippen molar-refractivity contribution in [2.75, 3.05) is 13.2 Å². The van der Waals surface area contributed by atoms with Crippen LogP contribution in [0.5, 0.6) is 0 Å². The first-order chi connectivity index (χ1) is 3.97. The van der Waals surface area contributed by atoms with Gasteiger partial charge in [-0.25, -0.2) is 0 Å². The fraction of sp³-hybridized carbons (Fsp3) is 1.00.